The van der Waals surface area contributed by atoms with Gasteiger partial charge in [-0.15, -0.1) is 0 Å². The van der Waals surface area contributed by atoms with Crippen LogP contribution in [0.4, 0.5) is 5.69 Å². The second kappa shape index (κ2) is 7.83. The largest absolute Gasteiger partial charge is 0.382 e. The van der Waals surface area contributed by atoms with E-state index in [1.54, 1.807) is 6.20 Å². The van der Waals surface area contributed by atoms with Crippen molar-refractivity contribution in [2.24, 2.45) is 11.8 Å². The van der Waals surface area contributed by atoms with Gasteiger partial charge in [-0.05, 0) is 31.1 Å². The summed E-state index contributed by atoms with van der Waals surface area (Å²) in [4.78, 5) is 12.0. The van der Waals surface area contributed by atoms with Gasteiger partial charge in [-0.1, -0.05) is 44.7 Å². The predicted molar refractivity (Wildman–Crippen MR) is 88.0 cm³/mol. The van der Waals surface area contributed by atoms with Gasteiger partial charge in [-0.25, -0.2) is 4.68 Å². The number of aromatic nitrogens is 2. The summed E-state index contributed by atoms with van der Waals surface area (Å²) in [6, 6.07) is 0. The van der Waals surface area contributed by atoms with Crippen LogP contribution < -0.4 is 10.9 Å². The first-order chi connectivity index (χ1) is 10.2. The van der Waals surface area contributed by atoms with E-state index in [-0.39, 0.29) is 10.6 Å². The van der Waals surface area contributed by atoms with E-state index >= 15 is 0 Å². The molecule has 1 heterocycles. The summed E-state index contributed by atoms with van der Waals surface area (Å²) in [5, 5.41) is 7.76. The van der Waals surface area contributed by atoms with Gasteiger partial charge < -0.3 is 5.32 Å². The highest BCUT2D eigenvalue weighted by Crippen LogP contribution is 2.30. The van der Waals surface area contributed by atoms with Gasteiger partial charge in [-0.3, -0.25) is 4.79 Å². The summed E-state index contributed by atoms with van der Waals surface area (Å²) in [6.07, 6.45) is 9.03. The molecule has 0 saturated heterocycles. The molecule has 1 aromatic rings. The standard InChI is InChI=1S/C16H26ClN3O/c1-3-9-20-16(21)15(17)14(11-19-20)18-10-13-7-5-12(4-2)6-8-13/h11-13,18H,3-10H2,1-2H3. The molecule has 0 atom stereocenters. The lowest BCUT2D eigenvalue weighted by Gasteiger charge is -2.28. The Kier molecular flexibility index (Phi) is 6.09. The first-order valence-corrected chi connectivity index (χ1v) is 8.53. The van der Waals surface area contributed by atoms with E-state index in [0.29, 0.717) is 18.2 Å². The van der Waals surface area contributed by atoms with Gasteiger partial charge in [0.25, 0.3) is 5.56 Å². The maximum Gasteiger partial charge on any atom is 0.287 e. The lowest BCUT2D eigenvalue weighted by molar-refractivity contribution is 0.278. The van der Waals surface area contributed by atoms with Crippen LogP contribution >= 0.6 is 11.6 Å². The van der Waals surface area contributed by atoms with Crippen molar-refractivity contribution in [1.82, 2.24) is 9.78 Å². The highest BCUT2D eigenvalue weighted by molar-refractivity contribution is 6.32. The van der Waals surface area contributed by atoms with Crippen LogP contribution in [0.25, 0.3) is 0 Å². The van der Waals surface area contributed by atoms with Crippen LogP contribution in [0.2, 0.25) is 5.02 Å². The Hall–Kier alpha value is -1.03. The maximum atomic E-state index is 12.0. The lowest BCUT2D eigenvalue weighted by atomic mass is 9.81. The van der Waals surface area contributed by atoms with E-state index in [1.165, 1.54) is 36.8 Å². The minimum absolute atomic E-state index is 0.196. The molecule has 0 aromatic carbocycles. The van der Waals surface area contributed by atoms with Crippen LogP contribution in [0.3, 0.4) is 0 Å². The summed E-state index contributed by atoms with van der Waals surface area (Å²) < 4.78 is 1.43. The molecule has 0 bridgehead atoms. The second-order valence-electron chi connectivity index (χ2n) is 6.08. The zero-order valence-electron chi connectivity index (χ0n) is 13.1. The fourth-order valence-electron chi connectivity index (χ4n) is 3.06. The third kappa shape index (κ3) is 4.22. The number of nitrogens with one attached hydrogen (secondary N) is 1. The maximum absolute atomic E-state index is 12.0. The van der Waals surface area contributed by atoms with E-state index < -0.39 is 0 Å². The minimum atomic E-state index is -0.196. The number of anilines is 1. The van der Waals surface area contributed by atoms with Crippen LogP contribution in [0, 0.1) is 11.8 Å². The molecule has 4 nitrogen and oxygen atoms in total. The van der Waals surface area contributed by atoms with Crippen LogP contribution in [0.5, 0.6) is 0 Å². The number of halogens is 1. The summed E-state index contributed by atoms with van der Waals surface area (Å²) >= 11 is 6.16. The third-order valence-corrected chi connectivity index (χ3v) is 4.91. The normalized spacial score (nSPS) is 22.2. The quantitative estimate of drug-likeness (QED) is 0.865. The minimum Gasteiger partial charge on any atom is -0.382 e. The fraction of sp³-hybridized carbons (Fsp3) is 0.750. The molecule has 1 fully saturated rings. The monoisotopic (exact) mass is 311 g/mol. The third-order valence-electron chi connectivity index (χ3n) is 4.55. The molecule has 1 aromatic heterocycles. The average Bonchev–Trinajstić information content (AvgIpc) is 2.52. The van der Waals surface area contributed by atoms with Gasteiger partial charge in [0, 0.05) is 13.1 Å². The van der Waals surface area contributed by atoms with Crippen molar-refractivity contribution in [1.29, 1.82) is 0 Å². The van der Waals surface area contributed by atoms with Crippen LogP contribution in [0.1, 0.15) is 52.4 Å². The highest BCUT2D eigenvalue weighted by atomic mass is 35.5. The molecule has 1 N–H and O–H groups in total. The van der Waals surface area contributed by atoms with Crippen LogP contribution in [-0.2, 0) is 6.54 Å². The molecule has 2 rings (SSSR count). The van der Waals surface area contributed by atoms with Crippen molar-refractivity contribution in [2.75, 3.05) is 11.9 Å². The van der Waals surface area contributed by atoms with Gasteiger partial charge in [0.15, 0.2) is 0 Å². The molecule has 0 spiro atoms. The number of hydrogen-bond acceptors (Lipinski definition) is 3. The summed E-state index contributed by atoms with van der Waals surface area (Å²) in [5.74, 6) is 1.59. The van der Waals surface area contributed by atoms with E-state index in [0.717, 1.165) is 18.9 Å². The van der Waals surface area contributed by atoms with Crippen molar-refractivity contribution in [3.63, 3.8) is 0 Å². The first kappa shape index (κ1) is 16.3. The molecule has 21 heavy (non-hydrogen) atoms. The Labute approximate surface area is 131 Å². The lowest BCUT2D eigenvalue weighted by Crippen LogP contribution is -2.26. The molecule has 1 aliphatic rings. The zero-order valence-corrected chi connectivity index (χ0v) is 13.8. The molecule has 0 unspecified atom stereocenters. The molecule has 118 valence electrons. The van der Waals surface area contributed by atoms with Crippen molar-refractivity contribution in [3.05, 3.63) is 21.6 Å². The fourth-order valence-corrected chi connectivity index (χ4v) is 3.27. The average molecular weight is 312 g/mol. The molecule has 0 amide bonds. The Morgan fingerprint density at radius 1 is 1.29 bits per heavy atom. The van der Waals surface area contributed by atoms with Crippen molar-refractivity contribution < 1.29 is 0 Å². The predicted octanol–water partition coefficient (Wildman–Crippen LogP) is 3.94. The van der Waals surface area contributed by atoms with Gasteiger partial charge in [-0.2, -0.15) is 5.10 Å². The van der Waals surface area contributed by atoms with E-state index in [1.807, 2.05) is 6.92 Å². The Bertz CT molecular complexity index is 507. The molecular formula is C16H26ClN3O. The van der Waals surface area contributed by atoms with Gasteiger partial charge in [0.1, 0.15) is 5.02 Å². The second-order valence-corrected chi connectivity index (χ2v) is 6.45. The molecular weight excluding hydrogens is 286 g/mol. The molecule has 1 aliphatic carbocycles. The van der Waals surface area contributed by atoms with E-state index in [4.69, 9.17) is 11.6 Å². The SMILES string of the molecule is CCCn1ncc(NCC2CCC(CC)CC2)c(Cl)c1=O. The summed E-state index contributed by atoms with van der Waals surface area (Å²) in [7, 11) is 0. The highest BCUT2D eigenvalue weighted by Gasteiger charge is 2.20. The van der Waals surface area contributed by atoms with Gasteiger partial charge in [0.05, 0.1) is 11.9 Å². The topological polar surface area (TPSA) is 46.9 Å². The van der Waals surface area contributed by atoms with Gasteiger partial charge >= 0.3 is 0 Å². The number of aryl methyl sites for hydroxylation is 1. The van der Waals surface area contributed by atoms with E-state index in [2.05, 4.69) is 17.3 Å². The Morgan fingerprint density at radius 3 is 2.57 bits per heavy atom. The van der Waals surface area contributed by atoms with Crippen molar-refractivity contribution >= 4 is 17.3 Å². The summed E-state index contributed by atoms with van der Waals surface area (Å²) in [6.45, 7) is 5.79. The molecule has 0 aliphatic heterocycles. The first-order valence-electron chi connectivity index (χ1n) is 8.15. The van der Waals surface area contributed by atoms with Gasteiger partial charge in [0.2, 0.25) is 0 Å². The van der Waals surface area contributed by atoms with Crippen molar-refractivity contribution in [2.45, 2.75) is 58.9 Å². The van der Waals surface area contributed by atoms with E-state index in [9.17, 15) is 4.79 Å². The summed E-state index contributed by atoms with van der Waals surface area (Å²) in [5.41, 5.74) is 0.477. The Balaban J connectivity index is 1.92. The zero-order chi connectivity index (χ0) is 15.2. The molecule has 1 saturated carbocycles. The van der Waals surface area contributed by atoms with Crippen molar-refractivity contribution in [3.8, 4) is 0 Å². The Morgan fingerprint density at radius 2 is 1.95 bits per heavy atom. The molecule has 0 radical (unpaired) electrons. The number of nitrogens with zero attached hydrogens (tertiary/aromatic N) is 2. The molecule has 5 heteroatoms. The van der Waals surface area contributed by atoms with Crippen LogP contribution in [-0.4, -0.2) is 16.3 Å². The number of hydrogen-bond donors (Lipinski definition) is 1. The smallest absolute Gasteiger partial charge is 0.287 e. The van der Waals surface area contributed by atoms with Crippen LogP contribution in [0.15, 0.2) is 11.0 Å². The number of rotatable bonds is 6.